The minimum absolute atomic E-state index is 0.0594. The number of imidazole rings is 1. The molecule has 2 saturated carbocycles. The van der Waals surface area contributed by atoms with E-state index in [1.54, 1.807) is 11.0 Å². The maximum absolute atomic E-state index is 13.2. The van der Waals surface area contributed by atoms with Gasteiger partial charge >= 0.3 is 6.18 Å². The van der Waals surface area contributed by atoms with Gasteiger partial charge < -0.3 is 4.90 Å². The molecule has 120 valence electrons. The van der Waals surface area contributed by atoms with Gasteiger partial charge in [-0.05, 0) is 43.7 Å². The molecule has 3 unspecified atom stereocenters. The lowest BCUT2D eigenvalue weighted by Gasteiger charge is -2.35. The highest BCUT2D eigenvalue weighted by Gasteiger charge is 2.75. The van der Waals surface area contributed by atoms with Crippen molar-refractivity contribution in [2.45, 2.75) is 43.4 Å². The van der Waals surface area contributed by atoms with Gasteiger partial charge in [0.05, 0.1) is 17.1 Å². The first-order valence-corrected chi connectivity index (χ1v) is 7.82. The second-order valence-corrected chi connectivity index (χ2v) is 6.73. The van der Waals surface area contributed by atoms with Crippen molar-refractivity contribution in [3.05, 3.63) is 35.9 Å². The van der Waals surface area contributed by atoms with E-state index in [0.29, 0.717) is 5.92 Å². The van der Waals surface area contributed by atoms with Crippen LogP contribution in [-0.2, 0) is 6.18 Å². The number of halogens is 3. The second kappa shape index (κ2) is 3.88. The number of likely N-dealkylation sites (tertiary alicyclic amines) is 1. The zero-order valence-electron chi connectivity index (χ0n) is 12.2. The highest BCUT2D eigenvalue weighted by molar-refractivity contribution is 5.96. The van der Waals surface area contributed by atoms with Gasteiger partial charge in [0.2, 0.25) is 5.82 Å². The highest BCUT2D eigenvalue weighted by Crippen LogP contribution is 2.67. The van der Waals surface area contributed by atoms with Crippen molar-refractivity contribution < 1.29 is 18.0 Å². The Kier molecular flexibility index (Phi) is 2.26. The fourth-order valence-corrected chi connectivity index (χ4v) is 4.78. The predicted molar refractivity (Wildman–Crippen MR) is 74.8 cm³/mol. The molecule has 3 atom stereocenters. The zero-order chi connectivity index (χ0) is 16.0. The Bertz CT molecular complexity index is 843. The van der Waals surface area contributed by atoms with Crippen LogP contribution in [0.25, 0.3) is 5.52 Å². The third-order valence-electron chi connectivity index (χ3n) is 5.89. The van der Waals surface area contributed by atoms with Crippen LogP contribution in [0, 0.1) is 5.92 Å². The second-order valence-electron chi connectivity index (χ2n) is 6.73. The number of pyridine rings is 1. The fourth-order valence-electron chi connectivity index (χ4n) is 4.78. The third-order valence-corrected chi connectivity index (χ3v) is 5.89. The third kappa shape index (κ3) is 1.48. The molecular formula is C16H14F3N3O. The fraction of sp³-hybridized carbons (Fsp3) is 0.500. The quantitative estimate of drug-likeness (QED) is 0.757. The monoisotopic (exact) mass is 321 g/mol. The SMILES string of the molecule is O=C(c1nc(C(F)(F)F)c2ccccn12)N1C2CCC3CCC321. The molecule has 3 heterocycles. The number of aromatic nitrogens is 2. The first kappa shape index (κ1) is 13.4. The number of fused-ring (bicyclic) bond motifs is 1. The lowest BCUT2D eigenvalue weighted by molar-refractivity contribution is -0.139. The minimum atomic E-state index is -4.57. The molecule has 3 fully saturated rings. The van der Waals surface area contributed by atoms with Gasteiger partial charge in [-0.1, -0.05) is 6.07 Å². The highest BCUT2D eigenvalue weighted by atomic mass is 19.4. The Balaban J connectivity index is 1.60. The summed E-state index contributed by atoms with van der Waals surface area (Å²) < 4.78 is 40.8. The summed E-state index contributed by atoms with van der Waals surface area (Å²) in [6, 6.07) is 4.69. The Morgan fingerprint density at radius 3 is 2.74 bits per heavy atom. The maximum Gasteiger partial charge on any atom is 0.435 e. The molecular weight excluding hydrogens is 307 g/mol. The van der Waals surface area contributed by atoms with Gasteiger partial charge in [0.15, 0.2) is 5.69 Å². The largest absolute Gasteiger partial charge is 0.435 e. The normalized spacial score (nSPS) is 31.7. The van der Waals surface area contributed by atoms with Gasteiger partial charge in [-0.3, -0.25) is 9.20 Å². The van der Waals surface area contributed by atoms with Crippen molar-refractivity contribution >= 4 is 11.4 Å². The van der Waals surface area contributed by atoms with Crippen molar-refractivity contribution in [3.8, 4) is 0 Å². The number of rotatable bonds is 1. The van der Waals surface area contributed by atoms with E-state index in [1.165, 1.54) is 22.7 Å². The molecule has 0 bridgehead atoms. The maximum atomic E-state index is 13.2. The number of piperidine rings is 1. The van der Waals surface area contributed by atoms with Gasteiger partial charge in [-0.25, -0.2) is 4.98 Å². The van der Waals surface area contributed by atoms with Crippen LogP contribution < -0.4 is 0 Å². The molecule has 2 aromatic heterocycles. The van der Waals surface area contributed by atoms with Gasteiger partial charge in [0, 0.05) is 6.20 Å². The molecule has 5 rings (SSSR count). The predicted octanol–water partition coefficient (Wildman–Crippen LogP) is 3.12. The number of carbonyl (C=O) groups excluding carboxylic acids is 1. The molecule has 3 aliphatic rings. The summed E-state index contributed by atoms with van der Waals surface area (Å²) in [5.74, 6) is 0.0446. The first-order chi connectivity index (χ1) is 10.9. The lowest BCUT2D eigenvalue weighted by atomic mass is 9.74. The molecule has 1 spiro atoms. The van der Waals surface area contributed by atoms with Crippen LogP contribution in [0.4, 0.5) is 13.2 Å². The molecule has 1 saturated heterocycles. The van der Waals surface area contributed by atoms with E-state index < -0.39 is 11.9 Å². The average Bonchev–Trinajstić information content (AvgIpc) is 2.90. The zero-order valence-corrected chi connectivity index (χ0v) is 12.2. The van der Waals surface area contributed by atoms with Crippen LogP contribution in [0.1, 0.15) is 42.0 Å². The van der Waals surface area contributed by atoms with Crippen molar-refractivity contribution in [3.63, 3.8) is 0 Å². The summed E-state index contributed by atoms with van der Waals surface area (Å²) in [6.45, 7) is 0. The summed E-state index contributed by atoms with van der Waals surface area (Å²) in [5, 5.41) is 0. The molecule has 2 aromatic rings. The molecule has 1 amide bonds. The number of carbonyl (C=O) groups is 1. The average molecular weight is 321 g/mol. The molecule has 0 aromatic carbocycles. The number of hydrogen-bond acceptors (Lipinski definition) is 2. The molecule has 0 N–H and O–H groups in total. The summed E-state index contributed by atoms with van der Waals surface area (Å²) in [4.78, 5) is 18.3. The Morgan fingerprint density at radius 2 is 2.09 bits per heavy atom. The van der Waals surface area contributed by atoms with Crippen molar-refractivity contribution in [1.82, 2.24) is 14.3 Å². The van der Waals surface area contributed by atoms with Crippen LogP contribution in [0.5, 0.6) is 0 Å². The molecule has 0 radical (unpaired) electrons. The summed E-state index contributed by atoms with van der Waals surface area (Å²) >= 11 is 0. The lowest BCUT2D eigenvalue weighted by Crippen LogP contribution is -2.39. The smallest absolute Gasteiger partial charge is 0.323 e. The van der Waals surface area contributed by atoms with E-state index in [4.69, 9.17) is 0 Å². The van der Waals surface area contributed by atoms with Crippen LogP contribution in [0.2, 0.25) is 0 Å². The molecule has 1 aliphatic heterocycles. The first-order valence-electron chi connectivity index (χ1n) is 7.82. The molecule has 7 heteroatoms. The van der Waals surface area contributed by atoms with Crippen LogP contribution >= 0.6 is 0 Å². The summed E-state index contributed by atoms with van der Waals surface area (Å²) in [7, 11) is 0. The van der Waals surface area contributed by atoms with Crippen LogP contribution in [-0.4, -0.2) is 31.8 Å². The summed E-state index contributed by atoms with van der Waals surface area (Å²) in [5.41, 5.74) is -1.12. The van der Waals surface area contributed by atoms with Crippen molar-refractivity contribution in [2.24, 2.45) is 5.92 Å². The van der Waals surface area contributed by atoms with Gasteiger partial charge in [-0.2, -0.15) is 13.2 Å². The van der Waals surface area contributed by atoms with E-state index in [9.17, 15) is 18.0 Å². The van der Waals surface area contributed by atoms with Crippen LogP contribution in [0.3, 0.4) is 0 Å². The number of amides is 1. The van der Waals surface area contributed by atoms with E-state index in [0.717, 1.165) is 25.7 Å². The molecule has 4 nitrogen and oxygen atoms in total. The Labute approximate surface area is 129 Å². The van der Waals surface area contributed by atoms with Gasteiger partial charge in [0.1, 0.15) is 0 Å². The number of hydrogen-bond donors (Lipinski definition) is 0. The Morgan fingerprint density at radius 1 is 1.26 bits per heavy atom. The van der Waals surface area contributed by atoms with Crippen molar-refractivity contribution in [2.75, 3.05) is 0 Å². The van der Waals surface area contributed by atoms with E-state index in [2.05, 4.69) is 4.98 Å². The van der Waals surface area contributed by atoms with Crippen molar-refractivity contribution in [1.29, 1.82) is 0 Å². The Hall–Kier alpha value is -2.05. The molecule has 2 aliphatic carbocycles. The number of nitrogens with zero attached hydrogens (tertiary/aromatic N) is 3. The van der Waals surface area contributed by atoms with Gasteiger partial charge in [-0.15, -0.1) is 0 Å². The van der Waals surface area contributed by atoms with E-state index in [1.807, 2.05) is 0 Å². The van der Waals surface area contributed by atoms with Gasteiger partial charge in [0.25, 0.3) is 5.91 Å². The van der Waals surface area contributed by atoms with Crippen LogP contribution in [0.15, 0.2) is 24.4 Å². The minimum Gasteiger partial charge on any atom is -0.323 e. The van der Waals surface area contributed by atoms with E-state index in [-0.39, 0.29) is 28.8 Å². The van der Waals surface area contributed by atoms with E-state index >= 15 is 0 Å². The topological polar surface area (TPSA) is 37.4 Å². The number of alkyl halides is 3. The standard InChI is InChI=1S/C16H14F3N3O/c17-16(18,19)12-10-3-1-2-8-21(10)13(20-12)14(23)22-11-5-4-9-6-7-15(9,11)22/h1-3,8-9,11H,4-7H2. The summed E-state index contributed by atoms with van der Waals surface area (Å²) in [6.07, 6.45) is 1.09. The molecule has 23 heavy (non-hydrogen) atoms.